The fourth-order valence-corrected chi connectivity index (χ4v) is 15.0. The predicted molar refractivity (Wildman–Crippen MR) is 218 cm³/mol. The van der Waals surface area contributed by atoms with Gasteiger partial charge in [-0.15, -0.1) is 0 Å². The van der Waals surface area contributed by atoms with Gasteiger partial charge in [0.25, 0.3) is 0 Å². The molecule has 9 rings (SSSR count). The van der Waals surface area contributed by atoms with E-state index in [9.17, 15) is 50.8 Å². The van der Waals surface area contributed by atoms with Crippen molar-refractivity contribution in [3.05, 3.63) is 11.6 Å². The number of esters is 1. The van der Waals surface area contributed by atoms with Gasteiger partial charge in [0.15, 0.2) is 18.9 Å². The molecule has 63 heavy (non-hydrogen) atoms. The predicted octanol–water partition coefficient (Wildman–Crippen LogP) is 0.406. The zero-order chi connectivity index (χ0) is 45.6. The van der Waals surface area contributed by atoms with Crippen LogP contribution in [0.1, 0.15) is 99.8 Å². The summed E-state index contributed by atoms with van der Waals surface area (Å²) in [7, 11) is 0. The maximum atomic E-state index is 13.7. The van der Waals surface area contributed by atoms with Crippen LogP contribution in [0.4, 0.5) is 0 Å². The Hall–Kier alpha value is -1.39. The summed E-state index contributed by atoms with van der Waals surface area (Å²) in [5.74, 6) is 0.186. The number of allylic oxidation sites excluding steroid dienone is 2. The molecule has 0 amide bonds. The number of ether oxygens (including phenoxy) is 7. The summed E-state index contributed by atoms with van der Waals surface area (Å²) < 4.78 is 41.4. The lowest BCUT2D eigenvalue weighted by Gasteiger charge is -2.71. The van der Waals surface area contributed by atoms with E-state index in [0.29, 0.717) is 19.3 Å². The molecule has 8 fully saturated rings. The zero-order valence-corrected chi connectivity index (χ0v) is 37.6. The molecule has 0 unspecified atom stereocenters. The van der Waals surface area contributed by atoms with Crippen molar-refractivity contribution in [2.24, 2.45) is 50.2 Å². The second-order valence-corrected chi connectivity index (χ2v) is 22.8. The average Bonchev–Trinajstić information content (AvgIpc) is 3.54. The minimum absolute atomic E-state index is 0.0677. The highest BCUT2D eigenvalue weighted by molar-refractivity contribution is 5.82. The number of aliphatic hydroxyl groups excluding tert-OH is 9. The van der Waals surface area contributed by atoms with Crippen LogP contribution < -0.4 is 0 Å². The summed E-state index contributed by atoms with van der Waals surface area (Å²) in [5, 5.41) is 97.2. The first-order valence-corrected chi connectivity index (χ1v) is 23.3. The highest BCUT2D eigenvalue weighted by atomic mass is 16.8. The van der Waals surface area contributed by atoms with Gasteiger partial charge >= 0.3 is 5.97 Å². The second kappa shape index (κ2) is 15.8. The molecule has 1 spiro atoms. The molecule has 23 atom stereocenters. The molecule has 358 valence electrons. The smallest absolute Gasteiger partial charge is 0.315 e. The molecule has 17 heteroatoms. The third-order valence-corrected chi connectivity index (χ3v) is 19.0. The first-order valence-electron chi connectivity index (χ1n) is 23.3. The van der Waals surface area contributed by atoms with Gasteiger partial charge in [0.1, 0.15) is 72.6 Å². The van der Waals surface area contributed by atoms with Crippen LogP contribution in [0.5, 0.6) is 0 Å². The van der Waals surface area contributed by atoms with Gasteiger partial charge in [0.2, 0.25) is 0 Å². The van der Waals surface area contributed by atoms with Crippen LogP contribution in [0.2, 0.25) is 0 Å². The lowest BCUT2D eigenvalue weighted by Crippen LogP contribution is -2.67. The van der Waals surface area contributed by atoms with Gasteiger partial charge in [-0.05, 0) is 84.4 Å². The Morgan fingerprint density at radius 2 is 1.37 bits per heavy atom. The topological polar surface area (TPSA) is 264 Å². The molecule has 9 aliphatic rings. The van der Waals surface area contributed by atoms with E-state index in [-0.39, 0.29) is 64.7 Å². The summed E-state index contributed by atoms with van der Waals surface area (Å²) in [6, 6.07) is 0. The van der Waals surface area contributed by atoms with Crippen LogP contribution in [0.25, 0.3) is 0 Å². The van der Waals surface area contributed by atoms with Crippen molar-refractivity contribution in [1.29, 1.82) is 0 Å². The van der Waals surface area contributed by atoms with Crippen LogP contribution in [-0.2, 0) is 38.0 Å². The van der Waals surface area contributed by atoms with E-state index in [2.05, 4.69) is 54.5 Å². The van der Waals surface area contributed by atoms with Crippen LogP contribution in [-0.4, -0.2) is 170 Å². The summed E-state index contributed by atoms with van der Waals surface area (Å²) in [6.45, 7) is 14.8. The van der Waals surface area contributed by atoms with E-state index in [1.807, 2.05) is 0 Å². The fourth-order valence-electron chi connectivity index (χ4n) is 15.0. The standard InChI is InChI=1S/C46H72O17/c1-41(2)14-21-20-8-9-26-43(5)12-11-28(42(3,4)25(43)10-13-44(26,6)45(20,7)15-27(49)46(21)16-29(41)62-40(46)56)61-38-35(55)33(53)32(52)24(60-38)19-59-39-36(31(51)23(48)18-58-39)63-37-34(54)30(50)22(47)17-57-37/h8,21-39,47-55H,9-19H2,1-7H3/t21-,22+,23-,24+,25-,26+,27+,28-,29+,30-,31-,32+,33-,34+,35+,36+,37-,38-,39-,43-,44+,45+,46+/m0/s1. The van der Waals surface area contributed by atoms with Gasteiger partial charge in [0, 0.05) is 11.8 Å². The molecular formula is C46H72O17. The molecule has 0 aromatic heterocycles. The third kappa shape index (κ3) is 6.83. The van der Waals surface area contributed by atoms with E-state index in [0.717, 1.165) is 32.1 Å². The molecule has 17 nitrogen and oxygen atoms in total. The number of aliphatic hydroxyl groups is 9. The van der Waals surface area contributed by atoms with Gasteiger partial charge in [-0.1, -0.05) is 60.1 Å². The van der Waals surface area contributed by atoms with E-state index in [4.69, 9.17) is 33.2 Å². The van der Waals surface area contributed by atoms with Crippen LogP contribution in [0.15, 0.2) is 11.6 Å². The Morgan fingerprint density at radius 3 is 2.08 bits per heavy atom. The van der Waals surface area contributed by atoms with Gasteiger partial charge < -0.3 is 79.1 Å². The number of rotatable bonds is 7. The van der Waals surface area contributed by atoms with Crippen molar-refractivity contribution in [3.8, 4) is 0 Å². The molecule has 2 bridgehead atoms. The van der Waals surface area contributed by atoms with Crippen molar-refractivity contribution < 1.29 is 83.9 Å². The molecule has 4 saturated carbocycles. The highest BCUT2D eigenvalue weighted by Crippen LogP contribution is 2.76. The normalized spacial score (nSPS) is 56.0. The van der Waals surface area contributed by atoms with Gasteiger partial charge in [-0.2, -0.15) is 0 Å². The Kier molecular flexibility index (Phi) is 11.7. The first-order chi connectivity index (χ1) is 29.4. The molecule has 0 aromatic rings. The lowest BCUT2D eigenvalue weighted by atomic mass is 9.33. The summed E-state index contributed by atoms with van der Waals surface area (Å²) in [5.41, 5.74) is -0.746. The minimum atomic E-state index is -1.70. The molecular weight excluding hydrogens is 824 g/mol. The largest absolute Gasteiger partial charge is 0.461 e. The SMILES string of the molecule is CC1(C)C[C@H]2C3=CC[C@@H]4[C@@]5(C)CC[C@H](O[C@@H]6O[C@H](CO[C@@H]7OC[C@H](O)[C@H](O)[C@H]7O[C@@H]7OC[C@@H](O)[C@H](O)[C@H]7O)[C@@H](O)[C@H](O)[C@H]6O)C(C)(C)[C@@H]5CC[C@@]4(C)[C@]3(C)C[C@@H](O)[C@@]23C[C@H]1OC3=O. The maximum Gasteiger partial charge on any atom is 0.315 e. The van der Waals surface area contributed by atoms with E-state index < -0.39 is 110 Å². The van der Waals surface area contributed by atoms with Crippen LogP contribution in [0.3, 0.4) is 0 Å². The Balaban J connectivity index is 0.896. The Morgan fingerprint density at radius 1 is 0.698 bits per heavy atom. The number of carbonyl (C=O) groups excluding carboxylic acids is 1. The number of hydrogen-bond donors (Lipinski definition) is 9. The molecule has 4 heterocycles. The average molecular weight is 897 g/mol. The number of carbonyl (C=O) groups is 1. The molecule has 9 N–H and O–H groups in total. The molecule has 0 radical (unpaired) electrons. The van der Waals surface area contributed by atoms with Crippen LogP contribution >= 0.6 is 0 Å². The lowest BCUT2D eigenvalue weighted by molar-refractivity contribution is -0.357. The van der Waals surface area contributed by atoms with Gasteiger partial charge in [0.05, 0.1) is 32.0 Å². The van der Waals surface area contributed by atoms with Crippen molar-refractivity contribution in [2.45, 2.75) is 198 Å². The van der Waals surface area contributed by atoms with E-state index in [1.54, 1.807) is 0 Å². The van der Waals surface area contributed by atoms with Gasteiger partial charge in [-0.25, -0.2) is 0 Å². The fraction of sp³-hybridized carbons (Fsp3) is 0.935. The summed E-state index contributed by atoms with van der Waals surface area (Å²) >= 11 is 0. The zero-order valence-electron chi connectivity index (χ0n) is 37.6. The third-order valence-electron chi connectivity index (χ3n) is 19.0. The van der Waals surface area contributed by atoms with E-state index in [1.165, 1.54) is 5.57 Å². The summed E-state index contributed by atoms with van der Waals surface area (Å²) in [4.78, 5) is 13.7. The Bertz CT molecular complexity index is 1780. The quantitative estimate of drug-likeness (QED) is 0.0952. The summed E-state index contributed by atoms with van der Waals surface area (Å²) in [6.07, 6.45) is -12.4. The first kappa shape index (κ1) is 46.7. The van der Waals surface area contributed by atoms with Crippen molar-refractivity contribution in [3.63, 3.8) is 0 Å². The molecule has 0 aromatic carbocycles. The van der Waals surface area contributed by atoms with E-state index >= 15 is 0 Å². The molecule has 4 aliphatic heterocycles. The molecule has 4 saturated heterocycles. The maximum absolute atomic E-state index is 13.7. The minimum Gasteiger partial charge on any atom is -0.461 e. The van der Waals surface area contributed by atoms with Crippen molar-refractivity contribution >= 4 is 5.97 Å². The van der Waals surface area contributed by atoms with Crippen LogP contribution in [0, 0.1) is 50.2 Å². The molecule has 5 aliphatic carbocycles. The second-order valence-electron chi connectivity index (χ2n) is 22.8. The van der Waals surface area contributed by atoms with Gasteiger partial charge in [-0.3, -0.25) is 4.79 Å². The Labute approximate surface area is 369 Å². The number of fused-ring (bicyclic) bond motifs is 7. The number of hydrogen-bond acceptors (Lipinski definition) is 17. The van der Waals surface area contributed by atoms with Crippen molar-refractivity contribution in [2.75, 3.05) is 19.8 Å². The van der Waals surface area contributed by atoms with Crippen molar-refractivity contribution in [1.82, 2.24) is 0 Å². The monoisotopic (exact) mass is 896 g/mol. The highest BCUT2D eigenvalue weighted by Gasteiger charge is 2.74.